The summed E-state index contributed by atoms with van der Waals surface area (Å²) in [6.07, 6.45) is 15.2. The van der Waals surface area contributed by atoms with Crippen molar-refractivity contribution in [3.05, 3.63) is 95.6 Å². The van der Waals surface area contributed by atoms with Gasteiger partial charge in [0, 0.05) is 0 Å². The molecule has 1 aliphatic carbocycles. The predicted octanol–water partition coefficient (Wildman–Crippen LogP) is 9.15. The molecule has 2 heteroatoms. The third-order valence-electron chi connectivity index (χ3n) is 7.32. The second-order valence-corrected chi connectivity index (χ2v) is 9.87. The van der Waals surface area contributed by atoms with Crippen LogP contribution in [0.15, 0.2) is 78.9 Å². The fourth-order valence-corrected chi connectivity index (χ4v) is 4.95. The van der Waals surface area contributed by atoms with E-state index in [2.05, 4.69) is 50.3 Å². The third-order valence-corrected chi connectivity index (χ3v) is 7.32. The second kappa shape index (κ2) is 12.5. The van der Waals surface area contributed by atoms with Crippen LogP contribution in [-0.4, -0.2) is 5.97 Å². The van der Waals surface area contributed by atoms with Gasteiger partial charge >= 0.3 is 5.97 Å². The fourth-order valence-electron chi connectivity index (χ4n) is 4.95. The Morgan fingerprint density at radius 2 is 1.46 bits per heavy atom. The van der Waals surface area contributed by atoms with Gasteiger partial charge in [0.2, 0.25) is 0 Å². The van der Waals surface area contributed by atoms with Gasteiger partial charge in [-0.3, -0.25) is 0 Å². The number of aryl methyl sites for hydroxylation is 1. The summed E-state index contributed by atoms with van der Waals surface area (Å²) in [5.74, 6) is 1.93. The van der Waals surface area contributed by atoms with Crippen molar-refractivity contribution >= 4 is 12.0 Å². The molecule has 0 aliphatic heterocycles. The van der Waals surface area contributed by atoms with E-state index in [1.807, 2.05) is 48.5 Å². The molecule has 0 radical (unpaired) electrons. The summed E-state index contributed by atoms with van der Waals surface area (Å²) < 4.78 is 5.51. The summed E-state index contributed by atoms with van der Waals surface area (Å²) in [5, 5.41) is 0. The van der Waals surface area contributed by atoms with Crippen LogP contribution in [0.25, 0.3) is 17.2 Å². The molecule has 0 aromatic heterocycles. The number of hydrogen-bond acceptors (Lipinski definition) is 2. The zero-order valence-electron chi connectivity index (χ0n) is 21.2. The van der Waals surface area contributed by atoms with Gasteiger partial charge in [-0.1, -0.05) is 93.8 Å². The van der Waals surface area contributed by atoms with E-state index in [1.165, 1.54) is 56.1 Å². The molecule has 182 valence electrons. The summed E-state index contributed by atoms with van der Waals surface area (Å²) in [6.45, 7) is 4.40. The summed E-state index contributed by atoms with van der Waals surface area (Å²) in [7, 11) is 0. The van der Waals surface area contributed by atoms with Crippen molar-refractivity contribution in [1.29, 1.82) is 0 Å². The Morgan fingerprint density at radius 1 is 0.829 bits per heavy atom. The van der Waals surface area contributed by atoms with Gasteiger partial charge in [0.05, 0.1) is 5.56 Å². The standard InChI is InChI=1S/C33H38O2/c1-3-5-6-26-7-9-27(10-8-26)11-12-28-13-17-29(18-14-28)30-19-21-31(22-20-30)33(34)35-32-23-15-25(4-2)16-24-32/h11-24,26-27H,3-10H2,1-2H3/b12-11+. The highest BCUT2D eigenvalue weighted by Crippen LogP contribution is 2.33. The monoisotopic (exact) mass is 466 g/mol. The average Bonchev–Trinajstić information content (AvgIpc) is 2.92. The molecular formula is C33H38O2. The van der Waals surface area contributed by atoms with Crippen molar-refractivity contribution in [2.24, 2.45) is 11.8 Å². The molecule has 0 N–H and O–H groups in total. The number of ether oxygens (including phenoxy) is 1. The van der Waals surface area contributed by atoms with Gasteiger partial charge in [0.15, 0.2) is 0 Å². The van der Waals surface area contributed by atoms with Gasteiger partial charge in [-0.05, 0) is 90.5 Å². The molecule has 0 bridgehead atoms. The number of allylic oxidation sites excluding steroid dienone is 1. The number of rotatable bonds is 9. The minimum absolute atomic E-state index is 0.333. The van der Waals surface area contributed by atoms with Crippen molar-refractivity contribution in [1.82, 2.24) is 0 Å². The number of carbonyl (C=O) groups excluding carboxylic acids is 1. The van der Waals surface area contributed by atoms with Gasteiger partial charge in [0.1, 0.15) is 5.75 Å². The van der Waals surface area contributed by atoms with Crippen LogP contribution in [0.4, 0.5) is 0 Å². The van der Waals surface area contributed by atoms with Crippen LogP contribution < -0.4 is 4.74 Å². The maximum atomic E-state index is 12.5. The minimum Gasteiger partial charge on any atom is -0.423 e. The molecule has 4 rings (SSSR count). The van der Waals surface area contributed by atoms with E-state index in [1.54, 1.807) is 0 Å². The molecular weight excluding hydrogens is 428 g/mol. The lowest BCUT2D eigenvalue weighted by Gasteiger charge is -2.26. The highest BCUT2D eigenvalue weighted by Gasteiger charge is 2.18. The summed E-state index contributed by atoms with van der Waals surface area (Å²) in [4.78, 5) is 12.5. The largest absolute Gasteiger partial charge is 0.423 e. The molecule has 35 heavy (non-hydrogen) atoms. The van der Waals surface area contributed by atoms with Gasteiger partial charge in [-0.25, -0.2) is 4.79 Å². The molecule has 0 amide bonds. The lowest BCUT2D eigenvalue weighted by atomic mass is 9.79. The summed E-state index contributed by atoms with van der Waals surface area (Å²) in [5.41, 5.74) is 5.26. The molecule has 0 spiro atoms. The van der Waals surface area contributed by atoms with Crippen LogP contribution in [0.3, 0.4) is 0 Å². The first kappa shape index (κ1) is 25.0. The Morgan fingerprint density at radius 3 is 2.06 bits per heavy atom. The van der Waals surface area contributed by atoms with Crippen molar-refractivity contribution in [3.8, 4) is 16.9 Å². The molecule has 0 unspecified atom stereocenters. The Bertz CT molecular complexity index is 1080. The maximum absolute atomic E-state index is 12.5. The smallest absolute Gasteiger partial charge is 0.343 e. The number of hydrogen-bond donors (Lipinski definition) is 0. The van der Waals surface area contributed by atoms with Crippen LogP contribution in [0.5, 0.6) is 5.75 Å². The van der Waals surface area contributed by atoms with E-state index in [4.69, 9.17) is 4.74 Å². The Balaban J connectivity index is 1.30. The molecule has 0 heterocycles. The minimum atomic E-state index is -0.333. The van der Waals surface area contributed by atoms with Crippen LogP contribution in [0, 0.1) is 11.8 Å². The first-order valence-corrected chi connectivity index (χ1v) is 13.3. The number of carbonyl (C=O) groups is 1. The van der Waals surface area contributed by atoms with Gasteiger partial charge in [-0.2, -0.15) is 0 Å². The Labute approximate surface area is 211 Å². The third kappa shape index (κ3) is 7.18. The van der Waals surface area contributed by atoms with E-state index in [-0.39, 0.29) is 5.97 Å². The zero-order valence-corrected chi connectivity index (χ0v) is 21.2. The highest BCUT2D eigenvalue weighted by atomic mass is 16.5. The first-order valence-electron chi connectivity index (χ1n) is 13.3. The van der Waals surface area contributed by atoms with Gasteiger partial charge in [-0.15, -0.1) is 0 Å². The highest BCUT2D eigenvalue weighted by molar-refractivity contribution is 5.91. The van der Waals surface area contributed by atoms with Crippen molar-refractivity contribution in [3.63, 3.8) is 0 Å². The normalized spacial score (nSPS) is 18.0. The quantitative estimate of drug-likeness (QED) is 0.232. The maximum Gasteiger partial charge on any atom is 0.343 e. The molecule has 0 atom stereocenters. The predicted molar refractivity (Wildman–Crippen MR) is 147 cm³/mol. The molecule has 1 fully saturated rings. The summed E-state index contributed by atoms with van der Waals surface area (Å²) >= 11 is 0. The molecule has 3 aromatic rings. The van der Waals surface area contributed by atoms with Crippen molar-refractivity contribution < 1.29 is 9.53 Å². The average molecular weight is 467 g/mol. The van der Waals surface area contributed by atoms with Crippen LogP contribution in [0.2, 0.25) is 0 Å². The number of benzene rings is 3. The van der Waals surface area contributed by atoms with Crippen LogP contribution in [-0.2, 0) is 6.42 Å². The lowest BCUT2D eigenvalue weighted by molar-refractivity contribution is 0.0734. The number of unbranched alkanes of at least 4 members (excludes halogenated alkanes) is 1. The van der Waals surface area contributed by atoms with Crippen molar-refractivity contribution in [2.75, 3.05) is 0 Å². The van der Waals surface area contributed by atoms with E-state index < -0.39 is 0 Å². The molecule has 2 nitrogen and oxygen atoms in total. The van der Waals surface area contributed by atoms with E-state index in [9.17, 15) is 4.79 Å². The van der Waals surface area contributed by atoms with Crippen LogP contribution in [0.1, 0.15) is 80.3 Å². The van der Waals surface area contributed by atoms with E-state index >= 15 is 0 Å². The van der Waals surface area contributed by atoms with Gasteiger partial charge in [0.25, 0.3) is 0 Å². The fraction of sp³-hybridized carbons (Fsp3) is 0.364. The first-order chi connectivity index (χ1) is 17.1. The second-order valence-electron chi connectivity index (χ2n) is 9.87. The number of esters is 1. The topological polar surface area (TPSA) is 26.3 Å². The van der Waals surface area contributed by atoms with Crippen molar-refractivity contribution in [2.45, 2.75) is 65.2 Å². The van der Waals surface area contributed by atoms with E-state index in [0.29, 0.717) is 11.3 Å². The lowest BCUT2D eigenvalue weighted by Crippen LogP contribution is -2.12. The SMILES string of the molecule is CCCCC1CCC(/C=C/c2ccc(-c3ccc(C(=O)Oc4ccc(CC)cc4)cc3)cc2)CC1. The molecule has 0 saturated heterocycles. The molecule has 1 aliphatic rings. The Kier molecular flexibility index (Phi) is 8.95. The van der Waals surface area contributed by atoms with Crippen LogP contribution >= 0.6 is 0 Å². The molecule has 1 saturated carbocycles. The Hall–Kier alpha value is -3.13. The zero-order chi connectivity index (χ0) is 24.5. The summed E-state index contributed by atoms with van der Waals surface area (Å²) in [6, 6.07) is 24.0. The van der Waals surface area contributed by atoms with E-state index in [0.717, 1.165) is 29.4 Å². The van der Waals surface area contributed by atoms with Gasteiger partial charge < -0.3 is 4.74 Å². The molecule has 3 aromatic carbocycles.